The number of carbonyl (C=O) groups excluding carboxylic acids is 2. The van der Waals surface area contributed by atoms with Crippen LogP contribution in [0.15, 0.2) is 47.6 Å². The van der Waals surface area contributed by atoms with Crippen LogP contribution in [0.25, 0.3) is 11.0 Å². The van der Waals surface area contributed by atoms with E-state index < -0.39 is 0 Å². The van der Waals surface area contributed by atoms with Crippen LogP contribution in [0.5, 0.6) is 0 Å². The molecule has 0 unspecified atom stereocenters. The number of aryl methyl sites for hydroxylation is 2. The molecule has 6 nitrogen and oxygen atoms in total. The van der Waals surface area contributed by atoms with Gasteiger partial charge in [-0.25, -0.2) is 4.98 Å². The number of piperidine rings is 1. The Morgan fingerprint density at radius 2 is 1.73 bits per heavy atom. The number of nitrogens with one attached hydrogen (secondary N) is 1. The maximum absolute atomic E-state index is 13.2. The molecule has 1 aliphatic rings. The Kier molecular flexibility index (Phi) is 7.08. The van der Waals surface area contributed by atoms with Gasteiger partial charge in [0.15, 0.2) is 5.16 Å². The first-order valence-corrected chi connectivity index (χ1v) is 12.5. The van der Waals surface area contributed by atoms with Gasteiger partial charge in [0.05, 0.1) is 16.8 Å². The third-order valence-corrected chi connectivity index (χ3v) is 6.95. The molecule has 3 aromatic rings. The molecular weight excluding hydrogens is 432 g/mol. The second-order valence-corrected chi connectivity index (χ2v) is 10.4. The van der Waals surface area contributed by atoms with Gasteiger partial charge >= 0.3 is 0 Å². The monoisotopic (exact) mass is 464 g/mol. The molecule has 2 aromatic carbocycles. The summed E-state index contributed by atoms with van der Waals surface area (Å²) >= 11 is 1.37. The number of anilines is 1. The Labute approximate surface area is 199 Å². The SMILES string of the molecule is Cc1cc(C)cc(NC(=O)CSc2nc3ccccc3n2CC(=O)N2C[C@H](C)C[C@H](C)C2)c1. The summed E-state index contributed by atoms with van der Waals surface area (Å²) in [5.74, 6) is 1.27. The zero-order valence-electron chi connectivity index (χ0n) is 19.8. The number of para-hydroxylation sites is 2. The van der Waals surface area contributed by atoms with Crippen molar-refractivity contribution in [1.82, 2.24) is 14.5 Å². The molecule has 1 aromatic heterocycles. The van der Waals surface area contributed by atoms with Crippen LogP contribution < -0.4 is 5.32 Å². The number of aromatic nitrogens is 2. The van der Waals surface area contributed by atoms with Gasteiger partial charge in [-0.05, 0) is 67.5 Å². The van der Waals surface area contributed by atoms with E-state index in [9.17, 15) is 9.59 Å². The molecule has 2 atom stereocenters. The fourth-order valence-electron chi connectivity index (χ4n) is 4.79. The van der Waals surface area contributed by atoms with E-state index in [0.717, 1.165) is 47.4 Å². The minimum Gasteiger partial charge on any atom is -0.341 e. The summed E-state index contributed by atoms with van der Waals surface area (Å²) in [6.07, 6.45) is 1.16. The van der Waals surface area contributed by atoms with Gasteiger partial charge < -0.3 is 14.8 Å². The lowest BCUT2D eigenvalue weighted by atomic mass is 9.92. The fraction of sp³-hybridized carbons (Fsp3) is 0.423. The van der Waals surface area contributed by atoms with Crippen LogP contribution in [-0.4, -0.2) is 45.1 Å². The van der Waals surface area contributed by atoms with Gasteiger partial charge in [0, 0.05) is 18.8 Å². The van der Waals surface area contributed by atoms with Crippen molar-refractivity contribution >= 4 is 40.3 Å². The summed E-state index contributed by atoms with van der Waals surface area (Å²) in [5, 5.41) is 3.67. The van der Waals surface area contributed by atoms with E-state index in [-0.39, 0.29) is 24.1 Å². The maximum Gasteiger partial charge on any atom is 0.242 e. The number of likely N-dealkylation sites (tertiary alicyclic amines) is 1. The predicted molar refractivity (Wildman–Crippen MR) is 135 cm³/mol. The van der Waals surface area contributed by atoms with Gasteiger partial charge in [-0.15, -0.1) is 0 Å². The smallest absolute Gasteiger partial charge is 0.242 e. The van der Waals surface area contributed by atoms with E-state index in [1.165, 1.54) is 11.8 Å². The van der Waals surface area contributed by atoms with Crippen LogP contribution in [-0.2, 0) is 16.1 Å². The van der Waals surface area contributed by atoms with Crippen molar-refractivity contribution in [3.63, 3.8) is 0 Å². The zero-order valence-corrected chi connectivity index (χ0v) is 20.6. The van der Waals surface area contributed by atoms with Gasteiger partial charge in [-0.2, -0.15) is 0 Å². The van der Waals surface area contributed by atoms with Crippen molar-refractivity contribution in [3.8, 4) is 0 Å². The minimum atomic E-state index is -0.0892. The summed E-state index contributed by atoms with van der Waals surface area (Å²) in [6, 6.07) is 13.8. The van der Waals surface area contributed by atoms with Crippen molar-refractivity contribution in [2.75, 3.05) is 24.2 Å². The van der Waals surface area contributed by atoms with E-state index in [1.807, 2.05) is 59.7 Å². The van der Waals surface area contributed by atoms with Gasteiger partial charge in [-0.1, -0.05) is 43.8 Å². The topological polar surface area (TPSA) is 67.2 Å². The Hall–Kier alpha value is -2.80. The van der Waals surface area contributed by atoms with Crippen LogP contribution in [0.4, 0.5) is 5.69 Å². The van der Waals surface area contributed by atoms with E-state index >= 15 is 0 Å². The number of nitrogens with zero attached hydrogens (tertiary/aromatic N) is 3. The normalized spacial score (nSPS) is 18.5. The number of hydrogen-bond donors (Lipinski definition) is 1. The van der Waals surface area contributed by atoms with Crippen LogP contribution in [0, 0.1) is 25.7 Å². The Morgan fingerprint density at radius 3 is 2.42 bits per heavy atom. The first-order valence-electron chi connectivity index (χ1n) is 11.5. The number of rotatable bonds is 6. The maximum atomic E-state index is 13.2. The summed E-state index contributed by atoms with van der Waals surface area (Å²) < 4.78 is 1.95. The van der Waals surface area contributed by atoms with E-state index in [1.54, 1.807) is 0 Å². The molecule has 4 rings (SSSR count). The van der Waals surface area contributed by atoms with E-state index in [2.05, 4.69) is 25.2 Å². The molecule has 0 aliphatic carbocycles. The molecule has 0 spiro atoms. The number of amides is 2. The summed E-state index contributed by atoms with van der Waals surface area (Å²) in [7, 11) is 0. The van der Waals surface area contributed by atoms with E-state index in [4.69, 9.17) is 4.98 Å². The third kappa shape index (κ3) is 5.77. The van der Waals surface area contributed by atoms with Gasteiger partial charge in [-0.3, -0.25) is 9.59 Å². The first-order chi connectivity index (χ1) is 15.8. The van der Waals surface area contributed by atoms with E-state index in [0.29, 0.717) is 17.0 Å². The highest BCUT2D eigenvalue weighted by atomic mass is 32.2. The third-order valence-electron chi connectivity index (χ3n) is 5.97. The zero-order chi connectivity index (χ0) is 23.5. The summed E-state index contributed by atoms with van der Waals surface area (Å²) in [5.41, 5.74) is 4.78. The lowest BCUT2D eigenvalue weighted by Crippen LogP contribution is -2.44. The number of fused-ring (bicyclic) bond motifs is 1. The molecule has 1 saturated heterocycles. The van der Waals surface area contributed by atoms with Crippen molar-refractivity contribution in [1.29, 1.82) is 0 Å². The minimum absolute atomic E-state index is 0.0892. The number of benzene rings is 2. The molecule has 7 heteroatoms. The lowest BCUT2D eigenvalue weighted by molar-refractivity contribution is -0.134. The average molecular weight is 465 g/mol. The molecule has 0 saturated carbocycles. The summed E-state index contributed by atoms with van der Waals surface area (Å²) in [6.45, 7) is 10.3. The molecule has 0 bridgehead atoms. The van der Waals surface area contributed by atoms with Crippen molar-refractivity contribution in [2.24, 2.45) is 11.8 Å². The highest BCUT2D eigenvalue weighted by Gasteiger charge is 2.26. The Morgan fingerprint density at radius 1 is 1.06 bits per heavy atom. The van der Waals surface area contributed by atoms with Crippen LogP contribution >= 0.6 is 11.8 Å². The van der Waals surface area contributed by atoms with Crippen LogP contribution in [0.1, 0.15) is 31.4 Å². The van der Waals surface area contributed by atoms with Crippen LogP contribution in [0.3, 0.4) is 0 Å². The van der Waals surface area contributed by atoms with Crippen molar-refractivity contribution < 1.29 is 9.59 Å². The quantitative estimate of drug-likeness (QED) is 0.528. The molecule has 1 fully saturated rings. The van der Waals surface area contributed by atoms with Crippen LogP contribution in [0.2, 0.25) is 0 Å². The Balaban J connectivity index is 1.49. The van der Waals surface area contributed by atoms with Crippen molar-refractivity contribution in [2.45, 2.75) is 45.8 Å². The molecular formula is C26H32N4O2S. The average Bonchev–Trinajstić information content (AvgIpc) is 3.08. The molecule has 0 radical (unpaired) electrons. The number of hydrogen-bond acceptors (Lipinski definition) is 4. The van der Waals surface area contributed by atoms with Gasteiger partial charge in [0.1, 0.15) is 6.54 Å². The largest absolute Gasteiger partial charge is 0.341 e. The Bertz CT molecular complexity index is 1140. The standard InChI is InChI=1S/C26H32N4O2S/c1-17-9-18(2)12-21(11-17)27-24(31)16-33-26-28-22-7-5-6-8-23(22)30(26)15-25(32)29-13-19(3)10-20(4)14-29/h5-9,11-12,19-20H,10,13-16H2,1-4H3,(H,27,31)/t19-,20+. The first kappa shape index (κ1) is 23.4. The highest BCUT2D eigenvalue weighted by molar-refractivity contribution is 7.99. The number of carbonyl (C=O) groups is 2. The van der Waals surface area contributed by atoms with Gasteiger partial charge in [0.2, 0.25) is 11.8 Å². The molecule has 2 heterocycles. The summed E-state index contributed by atoms with van der Waals surface area (Å²) in [4.78, 5) is 32.5. The number of imidazole rings is 1. The second kappa shape index (κ2) is 10.00. The predicted octanol–water partition coefficient (Wildman–Crippen LogP) is 4.89. The molecule has 2 amide bonds. The highest BCUT2D eigenvalue weighted by Crippen LogP contribution is 2.26. The second-order valence-electron chi connectivity index (χ2n) is 9.43. The fourth-order valence-corrected chi connectivity index (χ4v) is 5.61. The molecule has 33 heavy (non-hydrogen) atoms. The molecule has 174 valence electrons. The molecule has 1 aliphatic heterocycles. The molecule has 1 N–H and O–H groups in total. The van der Waals surface area contributed by atoms with Crippen molar-refractivity contribution in [3.05, 3.63) is 53.6 Å². The lowest BCUT2D eigenvalue weighted by Gasteiger charge is -2.35. The number of thioether (sulfide) groups is 1. The van der Waals surface area contributed by atoms with Gasteiger partial charge in [0.25, 0.3) is 0 Å².